The van der Waals surface area contributed by atoms with E-state index in [1.54, 1.807) is 45.4 Å². The van der Waals surface area contributed by atoms with E-state index in [2.05, 4.69) is 6.58 Å². The average Bonchev–Trinajstić information content (AvgIpc) is 2.52. The monoisotopic (exact) mass is 294 g/mol. The predicted octanol–water partition coefficient (Wildman–Crippen LogP) is 2.73. The number of rotatable bonds is 9. The third-order valence-corrected chi connectivity index (χ3v) is 2.88. The van der Waals surface area contributed by atoms with Crippen LogP contribution in [0, 0.1) is 0 Å². The molecule has 21 heavy (non-hydrogen) atoms. The highest BCUT2D eigenvalue weighted by atomic mass is 16.6. The van der Waals surface area contributed by atoms with E-state index in [-0.39, 0.29) is 6.61 Å². The van der Waals surface area contributed by atoms with Crippen molar-refractivity contribution in [1.29, 1.82) is 0 Å². The Morgan fingerprint density at radius 3 is 2.71 bits per heavy atom. The van der Waals surface area contributed by atoms with Gasteiger partial charge in [-0.1, -0.05) is 6.08 Å². The van der Waals surface area contributed by atoms with Crippen molar-refractivity contribution in [2.45, 2.75) is 26.1 Å². The normalized spacial score (nSPS) is 11.6. The first-order chi connectivity index (χ1) is 10.1. The summed E-state index contributed by atoms with van der Waals surface area (Å²) < 4.78 is 20.9. The van der Waals surface area contributed by atoms with Gasteiger partial charge < -0.3 is 18.9 Å². The quantitative estimate of drug-likeness (QED) is 0.398. The number of esters is 1. The molecule has 1 unspecified atom stereocenters. The molecule has 1 rings (SSSR count). The summed E-state index contributed by atoms with van der Waals surface area (Å²) >= 11 is 0. The molecule has 1 atom stereocenters. The summed E-state index contributed by atoms with van der Waals surface area (Å²) in [5.41, 5.74) is 0.739. The van der Waals surface area contributed by atoms with Gasteiger partial charge in [-0.05, 0) is 31.5 Å². The molecule has 0 saturated heterocycles. The number of hydrogen-bond donors (Lipinski definition) is 0. The maximum atomic E-state index is 11.8. The van der Waals surface area contributed by atoms with Crippen LogP contribution in [0.3, 0.4) is 0 Å². The van der Waals surface area contributed by atoms with E-state index in [0.717, 1.165) is 5.56 Å². The molecule has 0 spiro atoms. The number of hydrogen-bond acceptors (Lipinski definition) is 5. The van der Waals surface area contributed by atoms with Crippen LogP contribution in [0.25, 0.3) is 0 Å². The molecular weight excluding hydrogens is 272 g/mol. The molecule has 1 aromatic carbocycles. The average molecular weight is 294 g/mol. The maximum Gasteiger partial charge on any atom is 0.335 e. The Balaban J connectivity index is 2.57. The van der Waals surface area contributed by atoms with Crippen molar-refractivity contribution in [2.24, 2.45) is 0 Å². The topological polar surface area (TPSA) is 54.0 Å². The molecule has 5 heteroatoms. The van der Waals surface area contributed by atoms with Gasteiger partial charge in [0.15, 0.2) is 6.10 Å². The lowest BCUT2D eigenvalue weighted by Crippen LogP contribution is -2.23. The molecule has 0 saturated carbocycles. The van der Waals surface area contributed by atoms with Gasteiger partial charge in [-0.2, -0.15) is 0 Å². The first-order valence-corrected chi connectivity index (χ1v) is 6.72. The number of benzene rings is 1. The van der Waals surface area contributed by atoms with E-state index in [9.17, 15) is 4.79 Å². The third-order valence-electron chi connectivity index (χ3n) is 2.88. The highest BCUT2D eigenvalue weighted by Gasteiger charge is 2.16. The molecule has 0 heterocycles. The number of carbonyl (C=O) groups is 1. The van der Waals surface area contributed by atoms with Crippen molar-refractivity contribution in [1.82, 2.24) is 0 Å². The summed E-state index contributed by atoms with van der Waals surface area (Å²) in [7, 11) is 3.14. The van der Waals surface area contributed by atoms with Crippen LogP contribution in [-0.4, -0.2) is 32.9 Å². The molecule has 116 valence electrons. The minimum atomic E-state index is -0.610. The lowest BCUT2D eigenvalue weighted by atomic mass is 10.2. The standard InChI is InChI=1S/C16H22O5/c1-5-6-9-20-12(2)16(17)21-11-13-10-14(18-3)7-8-15(13)19-4/h5,7-8,10,12H,1,6,9,11H2,2-4H3. The Morgan fingerprint density at radius 1 is 1.33 bits per heavy atom. The predicted molar refractivity (Wildman–Crippen MR) is 79.6 cm³/mol. The van der Waals surface area contributed by atoms with Crippen molar-refractivity contribution in [3.8, 4) is 11.5 Å². The summed E-state index contributed by atoms with van der Waals surface area (Å²) in [6.07, 6.45) is 1.82. The van der Waals surface area contributed by atoms with Crippen LogP contribution in [0.15, 0.2) is 30.9 Å². The summed E-state index contributed by atoms with van der Waals surface area (Å²) in [5.74, 6) is 0.907. The maximum absolute atomic E-state index is 11.8. The van der Waals surface area contributed by atoms with Crippen molar-refractivity contribution < 1.29 is 23.7 Å². The van der Waals surface area contributed by atoms with Gasteiger partial charge in [0, 0.05) is 5.56 Å². The zero-order chi connectivity index (χ0) is 15.7. The molecule has 0 bridgehead atoms. The molecule has 0 radical (unpaired) electrons. The second-order valence-corrected chi connectivity index (χ2v) is 4.38. The van der Waals surface area contributed by atoms with Gasteiger partial charge in [0.05, 0.1) is 20.8 Å². The van der Waals surface area contributed by atoms with Crippen LogP contribution >= 0.6 is 0 Å². The molecule has 0 aromatic heterocycles. The van der Waals surface area contributed by atoms with E-state index in [1.165, 1.54) is 0 Å². The molecule has 5 nitrogen and oxygen atoms in total. The summed E-state index contributed by atoms with van der Waals surface area (Å²) in [5, 5.41) is 0. The zero-order valence-corrected chi connectivity index (χ0v) is 12.8. The lowest BCUT2D eigenvalue weighted by Gasteiger charge is -2.14. The van der Waals surface area contributed by atoms with Crippen molar-refractivity contribution in [3.63, 3.8) is 0 Å². The van der Waals surface area contributed by atoms with Crippen LogP contribution in [0.5, 0.6) is 11.5 Å². The number of ether oxygens (including phenoxy) is 4. The van der Waals surface area contributed by atoms with Gasteiger partial charge in [-0.15, -0.1) is 6.58 Å². The van der Waals surface area contributed by atoms with Crippen LogP contribution in [0.4, 0.5) is 0 Å². The van der Waals surface area contributed by atoms with Gasteiger partial charge in [-0.25, -0.2) is 4.79 Å². The Labute approximate surface area is 125 Å². The van der Waals surface area contributed by atoms with Gasteiger partial charge in [-0.3, -0.25) is 0 Å². The van der Waals surface area contributed by atoms with Gasteiger partial charge in [0.25, 0.3) is 0 Å². The SMILES string of the molecule is C=CCCOC(C)C(=O)OCc1cc(OC)ccc1OC. The summed E-state index contributed by atoms with van der Waals surface area (Å²) in [6, 6.07) is 5.33. The first kappa shape index (κ1) is 17.0. The molecule has 0 N–H and O–H groups in total. The van der Waals surface area contributed by atoms with E-state index in [1.807, 2.05) is 0 Å². The lowest BCUT2D eigenvalue weighted by molar-refractivity contribution is -0.157. The van der Waals surface area contributed by atoms with Gasteiger partial charge >= 0.3 is 5.97 Å². The minimum Gasteiger partial charge on any atom is -0.497 e. The highest BCUT2D eigenvalue weighted by molar-refractivity contribution is 5.74. The van der Waals surface area contributed by atoms with Gasteiger partial charge in [0.1, 0.15) is 18.1 Å². The Hall–Kier alpha value is -2.01. The molecule has 0 aliphatic rings. The fourth-order valence-electron chi connectivity index (χ4n) is 1.66. The third kappa shape index (κ3) is 5.47. The Kier molecular flexibility index (Phi) is 7.32. The van der Waals surface area contributed by atoms with Crippen molar-refractivity contribution in [3.05, 3.63) is 36.4 Å². The Bertz CT molecular complexity index is 470. The summed E-state index contributed by atoms with van der Waals surface area (Å²) in [6.45, 7) is 5.81. The molecule has 0 aliphatic heterocycles. The van der Waals surface area contributed by atoms with Crippen molar-refractivity contribution >= 4 is 5.97 Å². The highest BCUT2D eigenvalue weighted by Crippen LogP contribution is 2.24. The number of carbonyl (C=O) groups excluding carboxylic acids is 1. The fraction of sp³-hybridized carbons (Fsp3) is 0.438. The molecule has 0 amide bonds. The minimum absolute atomic E-state index is 0.106. The second kappa shape index (κ2) is 9.02. The van der Waals surface area contributed by atoms with E-state index < -0.39 is 12.1 Å². The van der Waals surface area contributed by atoms with E-state index in [4.69, 9.17) is 18.9 Å². The zero-order valence-electron chi connectivity index (χ0n) is 12.8. The molecule has 1 aromatic rings. The molecular formula is C16H22O5. The Morgan fingerprint density at radius 2 is 2.10 bits per heavy atom. The molecule has 0 fully saturated rings. The largest absolute Gasteiger partial charge is 0.497 e. The van der Waals surface area contributed by atoms with Crippen molar-refractivity contribution in [2.75, 3.05) is 20.8 Å². The van der Waals surface area contributed by atoms with Crippen LogP contribution in [-0.2, 0) is 20.9 Å². The second-order valence-electron chi connectivity index (χ2n) is 4.38. The smallest absolute Gasteiger partial charge is 0.335 e. The van der Waals surface area contributed by atoms with E-state index in [0.29, 0.717) is 24.5 Å². The van der Waals surface area contributed by atoms with Crippen LogP contribution in [0.1, 0.15) is 18.9 Å². The molecule has 0 aliphatic carbocycles. The summed E-state index contributed by atoms with van der Waals surface area (Å²) in [4.78, 5) is 11.8. The van der Waals surface area contributed by atoms with Crippen LogP contribution in [0.2, 0.25) is 0 Å². The van der Waals surface area contributed by atoms with E-state index >= 15 is 0 Å². The first-order valence-electron chi connectivity index (χ1n) is 6.72. The van der Waals surface area contributed by atoms with Crippen LogP contribution < -0.4 is 9.47 Å². The fourth-order valence-corrected chi connectivity index (χ4v) is 1.66. The number of methoxy groups -OCH3 is 2. The van der Waals surface area contributed by atoms with Gasteiger partial charge in [0.2, 0.25) is 0 Å².